The van der Waals surface area contributed by atoms with E-state index < -0.39 is 0 Å². The molecule has 3 nitrogen and oxygen atoms in total. The molecule has 2 unspecified atom stereocenters. The monoisotopic (exact) mass is 327 g/mol. The molecule has 0 spiro atoms. The zero-order chi connectivity index (χ0) is 15.8. The lowest BCUT2D eigenvalue weighted by Gasteiger charge is -2.17. The molecule has 1 N–H and O–H groups in total. The van der Waals surface area contributed by atoms with E-state index in [1.165, 1.54) is 41.0 Å². The summed E-state index contributed by atoms with van der Waals surface area (Å²) in [4.78, 5) is 1.39. The molecule has 1 aliphatic carbocycles. The Morgan fingerprint density at radius 2 is 2.09 bits per heavy atom. The van der Waals surface area contributed by atoms with E-state index in [9.17, 15) is 0 Å². The van der Waals surface area contributed by atoms with Crippen LogP contribution < -0.4 is 14.8 Å². The van der Waals surface area contributed by atoms with E-state index in [1.807, 2.05) is 24.3 Å². The molecule has 2 atom stereocenters. The van der Waals surface area contributed by atoms with Gasteiger partial charge in [-0.05, 0) is 60.9 Å². The average molecular weight is 327 g/mol. The summed E-state index contributed by atoms with van der Waals surface area (Å²) in [6, 6.07) is 8.59. The molecule has 0 radical (unpaired) electrons. The molecule has 4 heteroatoms. The van der Waals surface area contributed by atoms with Crippen molar-refractivity contribution < 1.29 is 9.47 Å². The van der Waals surface area contributed by atoms with Gasteiger partial charge in [0.15, 0.2) is 11.5 Å². The molecule has 0 amide bonds. The Morgan fingerprint density at radius 1 is 1.22 bits per heavy atom. The number of anilines is 1. The second-order valence-corrected chi connectivity index (χ2v) is 7.08. The Kier molecular flexibility index (Phi) is 3.77. The SMILES string of the molecule is CC1Oc2ccc(C(C)Nc3ccsc3C3=CCCC3)cc2O1. The number of allylic oxidation sites excluding steroid dienone is 2. The first-order valence-corrected chi connectivity index (χ1v) is 9.09. The molecule has 0 saturated heterocycles. The quantitative estimate of drug-likeness (QED) is 0.792. The van der Waals surface area contributed by atoms with E-state index in [4.69, 9.17) is 9.47 Å². The maximum atomic E-state index is 5.68. The summed E-state index contributed by atoms with van der Waals surface area (Å²) >= 11 is 1.83. The van der Waals surface area contributed by atoms with Gasteiger partial charge in [0, 0.05) is 13.0 Å². The normalized spacial score (nSPS) is 20.4. The third kappa shape index (κ3) is 2.83. The summed E-state index contributed by atoms with van der Waals surface area (Å²) in [7, 11) is 0. The highest BCUT2D eigenvalue weighted by atomic mass is 32.1. The number of fused-ring (bicyclic) bond motifs is 1. The standard InChI is InChI=1S/C19H21NO2S/c1-12(15-7-8-17-18(11-15)22-13(2)21-17)20-16-9-10-23-19(16)14-5-3-4-6-14/h5,7-13,20H,3-4,6H2,1-2H3. The van der Waals surface area contributed by atoms with E-state index in [0.29, 0.717) is 0 Å². The third-order valence-corrected chi connectivity index (χ3v) is 5.41. The largest absolute Gasteiger partial charge is 0.451 e. The van der Waals surface area contributed by atoms with Crippen molar-refractivity contribution in [1.29, 1.82) is 0 Å². The van der Waals surface area contributed by atoms with E-state index in [1.54, 1.807) is 0 Å². The smallest absolute Gasteiger partial charge is 0.238 e. The topological polar surface area (TPSA) is 30.5 Å². The van der Waals surface area contributed by atoms with Crippen molar-refractivity contribution in [3.63, 3.8) is 0 Å². The minimum Gasteiger partial charge on any atom is -0.451 e. The van der Waals surface area contributed by atoms with Crippen LogP contribution in [0.1, 0.15) is 49.6 Å². The summed E-state index contributed by atoms with van der Waals surface area (Å²) in [5.41, 5.74) is 3.94. The molecule has 120 valence electrons. The van der Waals surface area contributed by atoms with Crippen LogP contribution in [-0.2, 0) is 0 Å². The van der Waals surface area contributed by atoms with Gasteiger partial charge in [-0.15, -0.1) is 11.3 Å². The van der Waals surface area contributed by atoms with Crippen molar-refractivity contribution >= 4 is 22.6 Å². The Balaban J connectivity index is 1.54. The van der Waals surface area contributed by atoms with Crippen molar-refractivity contribution in [2.45, 2.75) is 45.4 Å². The Labute approximate surface area is 140 Å². The van der Waals surface area contributed by atoms with Gasteiger partial charge in [0.2, 0.25) is 6.29 Å². The Morgan fingerprint density at radius 3 is 2.91 bits per heavy atom. The number of hydrogen-bond donors (Lipinski definition) is 1. The molecule has 2 heterocycles. The molecule has 0 fully saturated rings. The number of nitrogens with one attached hydrogen (secondary N) is 1. The molecule has 2 aromatic rings. The molecule has 0 bridgehead atoms. The summed E-state index contributed by atoms with van der Waals surface area (Å²) < 4.78 is 11.3. The van der Waals surface area contributed by atoms with Crippen LogP contribution in [0.5, 0.6) is 11.5 Å². The maximum absolute atomic E-state index is 5.68. The average Bonchev–Trinajstić information content (AvgIpc) is 3.25. The summed E-state index contributed by atoms with van der Waals surface area (Å²) in [5, 5.41) is 5.83. The Hall–Kier alpha value is -1.94. The van der Waals surface area contributed by atoms with Gasteiger partial charge in [-0.1, -0.05) is 12.1 Å². The minimum absolute atomic E-state index is 0.193. The van der Waals surface area contributed by atoms with Crippen LogP contribution >= 0.6 is 11.3 Å². The first-order chi connectivity index (χ1) is 11.2. The highest BCUT2D eigenvalue weighted by molar-refractivity contribution is 7.11. The fraction of sp³-hybridized carbons (Fsp3) is 0.368. The number of hydrogen-bond acceptors (Lipinski definition) is 4. The van der Waals surface area contributed by atoms with Crippen molar-refractivity contribution in [3.8, 4) is 11.5 Å². The van der Waals surface area contributed by atoms with Crippen LogP contribution in [0.4, 0.5) is 5.69 Å². The molecule has 23 heavy (non-hydrogen) atoms. The fourth-order valence-corrected chi connectivity index (χ4v) is 4.16. The van der Waals surface area contributed by atoms with Gasteiger partial charge in [-0.2, -0.15) is 0 Å². The molecular weight excluding hydrogens is 306 g/mol. The number of rotatable bonds is 4. The van der Waals surface area contributed by atoms with Crippen LogP contribution in [0.15, 0.2) is 35.7 Å². The van der Waals surface area contributed by atoms with E-state index >= 15 is 0 Å². The van der Waals surface area contributed by atoms with Crippen molar-refractivity contribution in [2.24, 2.45) is 0 Å². The van der Waals surface area contributed by atoms with E-state index in [2.05, 4.69) is 41.9 Å². The number of thiophene rings is 1. The van der Waals surface area contributed by atoms with Gasteiger partial charge in [-0.3, -0.25) is 0 Å². The molecule has 0 saturated carbocycles. The van der Waals surface area contributed by atoms with Crippen molar-refractivity contribution in [3.05, 3.63) is 46.2 Å². The third-order valence-electron chi connectivity index (χ3n) is 4.42. The molecule has 1 aliphatic heterocycles. The molecular formula is C19H21NO2S. The summed E-state index contributed by atoms with van der Waals surface area (Å²) in [6.07, 6.45) is 5.88. The zero-order valence-corrected chi connectivity index (χ0v) is 14.3. The van der Waals surface area contributed by atoms with Gasteiger partial charge in [0.05, 0.1) is 10.6 Å². The predicted octanol–water partition coefficient (Wildman–Crippen LogP) is 5.61. The first-order valence-electron chi connectivity index (χ1n) is 8.21. The van der Waals surface area contributed by atoms with Gasteiger partial charge in [-0.25, -0.2) is 0 Å². The van der Waals surface area contributed by atoms with Crippen LogP contribution in [0, 0.1) is 0 Å². The van der Waals surface area contributed by atoms with E-state index in [0.717, 1.165) is 11.5 Å². The van der Waals surface area contributed by atoms with Crippen LogP contribution in [0.2, 0.25) is 0 Å². The first kappa shape index (κ1) is 14.6. The molecule has 1 aromatic carbocycles. The van der Waals surface area contributed by atoms with Crippen molar-refractivity contribution in [2.75, 3.05) is 5.32 Å². The van der Waals surface area contributed by atoms with E-state index in [-0.39, 0.29) is 12.3 Å². The molecule has 4 rings (SSSR count). The van der Waals surface area contributed by atoms with Gasteiger partial charge >= 0.3 is 0 Å². The van der Waals surface area contributed by atoms with Crippen LogP contribution in [-0.4, -0.2) is 6.29 Å². The van der Waals surface area contributed by atoms with Crippen LogP contribution in [0.3, 0.4) is 0 Å². The highest BCUT2D eigenvalue weighted by Crippen LogP contribution is 2.39. The lowest BCUT2D eigenvalue weighted by Crippen LogP contribution is -2.11. The highest BCUT2D eigenvalue weighted by Gasteiger charge is 2.21. The molecule has 1 aromatic heterocycles. The molecule has 2 aliphatic rings. The fourth-order valence-electron chi connectivity index (χ4n) is 3.23. The van der Waals surface area contributed by atoms with Gasteiger partial charge in [0.1, 0.15) is 0 Å². The Bertz CT molecular complexity index is 750. The second-order valence-electron chi connectivity index (χ2n) is 6.16. The number of ether oxygens (including phenoxy) is 2. The lowest BCUT2D eigenvalue weighted by atomic mass is 10.1. The second kappa shape index (κ2) is 5.93. The van der Waals surface area contributed by atoms with Gasteiger partial charge in [0.25, 0.3) is 0 Å². The maximum Gasteiger partial charge on any atom is 0.238 e. The number of benzene rings is 1. The zero-order valence-electron chi connectivity index (χ0n) is 13.5. The lowest BCUT2D eigenvalue weighted by molar-refractivity contribution is 0.0678. The van der Waals surface area contributed by atoms with Gasteiger partial charge < -0.3 is 14.8 Å². The van der Waals surface area contributed by atoms with Crippen molar-refractivity contribution in [1.82, 2.24) is 0 Å². The van der Waals surface area contributed by atoms with Crippen LogP contribution in [0.25, 0.3) is 5.57 Å². The minimum atomic E-state index is -0.193. The summed E-state index contributed by atoms with van der Waals surface area (Å²) in [5.74, 6) is 1.67. The summed E-state index contributed by atoms with van der Waals surface area (Å²) in [6.45, 7) is 4.10. The predicted molar refractivity (Wildman–Crippen MR) is 95.3 cm³/mol.